The topological polar surface area (TPSA) is 83.9 Å². The van der Waals surface area contributed by atoms with Gasteiger partial charge in [0, 0.05) is 49.9 Å². The van der Waals surface area contributed by atoms with Gasteiger partial charge in [-0.25, -0.2) is 22.0 Å². The number of likely N-dealkylation sites (N-methyl/N-ethyl adjacent to an activating group) is 1. The van der Waals surface area contributed by atoms with Gasteiger partial charge in [-0.05, 0) is 35.9 Å². The first-order valence-electron chi connectivity index (χ1n) is 14.6. The predicted molar refractivity (Wildman–Crippen MR) is 158 cm³/mol. The van der Waals surface area contributed by atoms with Gasteiger partial charge in [-0.2, -0.15) is 0 Å². The van der Waals surface area contributed by atoms with Gasteiger partial charge in [0.2, 0.25) is 5.82 Å². The summed E-state index contributed by atoms with van der Waals surface area (Å²) in [6.45, 7) is 1.08. The van der Waals surface area contributed by atoms with Crippen LogP contribution in [0.2, 0.25) is 0 Å². The van der Waals surface area contributed by atoms with Crippen LogP contribution in [0.1, 0.15) is 57.1 Å². The van der Waals surface area contributed by atoms with Crippen LogP contribution < -0.4 is 5.32 Å². The summed E-state index contributed by atoms with van der Waals surface area (Å²) >= 11 is 0. The SMILES string of the molecule is CN(CCc1ccccn1)CC1CC(c2ccc(CO)cc2)OC(c2ccc(CNC(=O)c3c(F)c(F)c(F)c(F)c3F)cc2)O1. The van der Waals surface area contributed by atoms with Crippen LogP contribution in [0.5, 0.6) is 0 Å². The Labute approximate surface area is 262 Å². The summed E-state index contributed by atoms with van der Waals surface area (Å²) < 4.78 is 81.2. The molecule has 12 heteroatoms. The second-order valence-electron chi connectivity index (χ2n) is 11.1. The summed E-state index contributed by atoms with van der Waals surface area (Å²) in [4.78, 5) is 18.9. The smallest absolute Gasteiger partial charge is 0.257 e. The summed E-state index contributed by atoms with van der Waals surface area (Å²) in [5.74, 6) is -12.6. The quantitative estimate of drug-likeness (QED) is 0.120. The Morgan fingerprint density at radius 2 is 1.50 bits per heavy atom. The van der Waals surface area contributed by atoms with Gasteiger partial charge in [0.1, 0.15) is 5.56 Å². The number of hydrogen-bond donors (Lipinski definition) is 2. The first-order valence-corrected chi connectivity index (χ1v) is 14.6. The molecule has 0 bridgehead atoms. The lowest BCUT2D eigenvalue weighted by Crippen LogP contribution is -2.38. The van der Waals surface area contributed by atoms with Crippen LogP contribution in [0.3, 0.4) is 0 Å². The van der Waals surface area contributed by atoms with Crippen LogP contribution >= 0.6 is 0 Å². The molecule has 2 heterocycles. The van der Waals surface area contributed by atoms with E-state index in [-0.39, 0.29) is 25.4 Å². The highest BCUT2D eigenvalue weighted by atomic mass is 19.2. The number of carbonyl (C=O) groups is 1. The first-order chi connectivity index (χ1) is 22.1. The molecule has 1 amide bonds. The van der Waals surface area contributed by atoms with E-state index in [1.54, 1.807) is 30.5 Å². The van der Waals surface area contributed by atoms with E-state index in [0.717, 1.165) is 29.8 Å². The molecule has 2 N–H and O–H groups in total. The molecule has 5 rings (SSSR count). The van der Waals surface area contributed by atoms with Gasteiger partial charge in [-0.3, -0.25) is 9.78 Å². The van der Waals surface area contributed by atoms with Gasteiger partial charge in [-0.1, -0.05) is 54.6 Å². The van der Waals surface area contributed by atoms with Crippen molar-refractivity contribution in [1.29, 1.82) is 0 Å². The Bertz CT molecular complexity index is 1610. The van der Waals surface area contributed by atoms with Crippen molar-refractivity contribution in [2.24, 2.45) is 0 Å². The number of rotatable bonds is 11. The van der Waals surface area contributed by atoms with Crippen molar-refractivity contribution in [2.45, 2.75) is 44.5 Å². The molecule has 242 valence electrons. The third-order valence-electron chi connectivity index (χ3n) is 7.75. The molecule has 0 saturated carbocycles. The van der Waals surface area contributed by atoms with E-state index in [1.165, 1.54) is 0 Å². The Balaban J connectivity index is 1.27. The molecule has 3 atom stereocenters. The minimum Gasteiger partial charge on any atom is -0.392 e. The Hall–Kier alpha value is -4.23. The van der Waals surface area contributed by atoms with E-state index in [1.807, 2.05) is 49.5 Å². The van der Waals surface area contributed by atoms with Crippen LogP contribution in [0.4, 0.5) is 22.0 Å². The highest BCUT2D eigenvalue weighted by Crippen LogP contribution is 2.38. The first kappa shape index (κ1) is 33.1. The van der Waals surface area contributed by atoms with Crippen molar-refractivity contribution in [3.8, 4) is 0 Å². The van der Waals surface area contributed by atoms with E-state index in [9.17, 15) is 31.9 Å². The second kappa shape index (κ2) is 14.9. The largest absolute Gasteiger partial charge is 0.392 e. The molecule has 0 radical (unpaired) electrons. The van der Waals surface area contributed by atoms with Crippen molar-refractivity contribution >= 4 is 5.91 Å². The Morgan fingerprint density at radius 3 is 2.13 bits per heavy atom. The molecule has 1 aliphatic heterocycles. The van der Waals surface area contributed by atoms with Crippen molar-refractivity contribution < 1.29 is 41.3 Å². The average Bonchev–Trinajstić information content (AvgIpc) is 3.08. The lowest BCUT2D eigenvalue weighted by molar-refractivity contribution is -0.252. The number of aliphatic hydroxyl groups excluding tert-OH is 1. The van der Waals surface area contributed by atoms with Gasteiger partial charge in [0.05, 0.1) is 18.8 Å². The normalized spacial score (nSPS) is 18.1. The third-order valence-corrected chi connectivity index (χ3v) is 7.75. The number of carbonyl (C=O) groups excluding carboxylic acids is 1. The maximum Gasteiger partial charge on any atom is 0.257 e. The van der Waals surface area contributed by atoms with Crippen LogP contribution in [-0.4, -0.2) is 47.1 Å². The van der Waals surface area contributed by atoms with Crippen LogP contribution in [0.25, 0.3) is 0 Å². The molecule has 1 fully saturated rings. The van der Waals surface area contributed by atoms with E-state index in [4.69, 9.17) is 9.47 Å². The lowest BCUT2D eigenvalue weighted by Gasteiger charge is -2.38. The number of aliphatic hydroxyl groups is 1. The van der Waals surface area contributed by atoms with E-state index in [0.29, 0.717) is 24.1 Å². The van der Waals surface area contributed by atoms with Crippen LogP contribution in [-0.2, 0) is 29.0 Å². The van der Waals surface area contributed by atoms with Gasteiger partial charge in [-0.15, -0.1) is 0 Å². The van der Waals surface area contributed by atoms with E-state index >= 15 is 0 Å². The summed E-state index contributed by atoms with van der Waals surface area (Å²) in [7, 11) is 2.01. The van der Waals surface area contributed by atoms with Gasteiger partial charge < -0.3 is 24.8 Å². The number of aromatic nitrogens is 1. The molecular formula is C34H32F5N3O4. The number of benzene rings is 3. The third kappa shape index (κ3) is 7.76. The number of nitrogens with one attached hydrogen (secondary N) is 1. The highest BCUT2D eigenvalue weighted by molar-refractivity contribution is 5.94. The zero-order chi connectivity index (χ0) is 32.8. The number of hydrogen-bond acceptors (Lipinski definition) is 6. The summed E-state index contributed by atoms with van der Waals surface area (Å²) in [6.07, 6.45) is 1.88. The molecule has 3 unspecified atom stereocenters. The zero-order valence-electron chi connectivity index (χ0n) is 24.9. The number of pyridine rings is 1. The molecular weight excluding hydrogens is 609 g/mol. The van der Waals surface area contributed by atoms with Crippen molar-refractivity contribution in [3.63, 3.8) is 0 Å². The fraction of sp³-hybridized carbons (Fsp3) is 0.294. The maximum absolute atomic E-state index is 14.0. The summed E-state index contributed by atoms with van der Waals surface area (Å²) in [6, 6.07) is 20.0. The molecule has 1 aromatic heterocycles. The number of halogens is 5. The monoisotopic (exact) mass is 641 g/mol. The lowest BCUT2D eigenvalue weighted by atomic mass is 9.99. The summed E-state index contributed by atoms with van der Waals surface area (Å²) in [5.41, 5.74) is 2.32. The van der Waals surface area contributed by atoms with E-state index < -0.39 is 46.8 Å². The number of ether oxygens (including phenoxy) is 2. The van der Waals surface area contributed by atoms with Crippen molar-refractivity contribution in [1.82, 2.24) is 15.2 Å². The fourth-order valence-corrected chi connectivity index (χ4v) is 5.19. The molecule has 0 spiro atoms. The minimum absolute atomic E-state index is 0.0738. The fourth-order valence-electron chi connectivity index (χ4n) is 5.19. The molecule has 1 aliphatic rings. The van der Waals surface area contributed by atoms with Crippen LogP contribution in [0, 0.1) is 29.1 Å². The average molecular weight is 642 g/mol. The van der Waals surface area contributed by atoms with Crippen molar-refractivity contribution in [2.75, 3.05) is 20.1 Å². The highest BCUT2D eigenvalue weighted by Gasteiger charge is 2.33. The molecule has 4 aromatic rings. The predicted octanol–water partition coefficient (Wildman–Crippen LogP) is 5.92. The molecule has 1 saturated heterocycles. The molecule has 7 nitrogen and oxygen atoms in total. The van der Waals surface area contributed by atoms with E-state index in [2.05, 4.69) is 15.2 Å². The molecule has 0 aliphatic carbocycles. The Morgan fingerprint density at radius 1 is 0.870 bits per heavy atom. The second-order valence-corrected chi connectivity index (χ2v) is 11.1. The number of amides is 1. The van der Waals surface area contributed by atoms with Gasteiger partial charge in [0.25, 0.3) is 5.91 Å². The Kier molecular flexibility index (Phi) is 10.7. The minimum atomic E-state index is -2.34. The molecule has 46 heavy (non-hydrogen) atoms. The van der Waals surface area contributed by atoms with Crippen LogP contribution in [0.15, 0.2) is 72.9 Å². The van der Waals surface area contributed by atoms with Gasteiger partial charge in [0.15, 0.2) is 29.6 Å². The zero-order valence-corrected chi connectivity index (χ0v) is 24.9. The standard InChI is InChI=1S/C34H32F5N3O4/c1-42(15-13-24-4-2-3-14-40-24)18-25-16-26(22-9-7-21(19-43)8-10-22)46-34(45-25)23-11-5-20(6-12-23)17-41-33(44)27-28(35)30(37)32(39)31(38)29(27)36/h2-12,14,25-26,34,43H,13,15-19H2,1H3,(H,41,44). The van der Waals surface area contributed by atoms with Gasteiger partial charge >= 0.3 is 0 Å². The maximum atomic E-state index is 14.0. The van der Waals surface area contributed by atoms with Crippen molar-refractivity contribution in [3.05, 3.63) is 136 Å². The number of nitrogens with zero attached hydrogens (tertiary/aromatic N) is 2. The molecule has 3 aromatic carbocycles. The summed E-state index contributed by atoms with van der Waals surface area (Å²) in [5, 5.41) is 11.6.